The van der Waals surface area contributed by atoms with Crippen molar-refractivity contribution in [1.82, 2.24) is 0 Å². The number of hydrogen-bond donors (Lipinski definition) is 5. The van der Waals surface area contributed by atoms with Crippen molar-refractivity contribution in [2.45, 2.75) is 57.9 Å². The third-order valence-electron chi connectivity index (χ3n) is 3.11. The lowest BCUT2D eigenvalue weighted by Gasteiger charge is -2.16. The molecule has 0 saturated carbocycles. The summed E-state index contributed by atoms with van der Waals surface area (Å²) in [6, 6.07) is -0.0694. The second kappa shape index (κ2) is 17.8. The summed E-state index contributed by atoms with van der Waals surface area (Å²) in [6.07, 6.45) is 7.30. The predicted octanol–water partition coefficient (Wildman–Crippen LogP) is 0.636. The van der Waals surface area contributed by atoms with Crippen molar-refractivity contribution in [3.8, 4) is 0 Å². The first-order valence-electron chi connectivity index (χ1n) is 7.36. The molecule has 0 aliphatic carbocycles. The summed E-state index contributed by atoms with van der Waals surface area (Å²) in [7, 11) is 0. The topological polar surface area (TPSA) is 107 Å². The fraction of sp³-hybridized carbons (Fsp3) is 1.00. The van der Waals surface area contributed by atoms with Crippen LogP contribution in [0.2, 0.25) is 0 Å². The van der Waals surface area contributed by atoms with Crippen molar-refractivity contribution in [2.24, 2.45) is 11.7 Å². The minimum atomic E-state index is -0.144. The number of unbranched alkanes of at least 4 members (excludes halogenated alkanes) is 5. The van der Waals surface area contributed by atoms with Crippen LogP contribution in [0.25, 0.3) is 0 Å². The van der Waals surface area contributed by atoms with Crippen LogP contribution in [0.15, 0.2) is 0 Å². The Labute approximate surface area is 117 Å². The van der Waals surface area contributed by atoms with E-state index in [2.05, 4.69) is 0 Å². The van der Waals surface area contributed by atoms with Gasteiger partial charge in [-0.1, -0.05) is 32.6 Å². The van der Waals surface area contributed by atoms with Crippen LogP contribution in [0.4, 0.5) is 0 Å². The summed E-state index contributed by atoms with van der Waals surface area (Å²) in [4.78, 5) is 0. The molecule has 0 heterocycles. The molecule has 0 aromatic heterocycles. The first-order valence-corrected chi connectivity index (χ1v) is 7.36. The summed E-state index contributed by atoms with van der Waals surface area (Å²) in [6.45, 7) is 2.53. The Hall–Kier alpha value is -0.200. The number of aliphatic hydroxyl groups excluding tert-OH is 4. The average Bonchev–Trinajstić information content (AvgIpc) is 2.44. The minimum absolute atomic E-state index is 0.0223. The Balaban J connectivity index is 0. The zero-order valence-electron chi connectivity index (χ0n) is 12.3. The van der Waals surface area contributed by atoms with Gasteiger partial charge in [0.2, 0.25) is 0 Å². The van der Waals surface area contributed by atoms with Gasteiger partial charge in [0.15, 0.2) is 0 Å². The van der Waals surface area contributed by atoms with E-state index in [1.165, 1.54) is 12.8 Å². The quantitative estimate of drug-likeness (QED) is 0.357. The molecule has 0 radical (unpaired) electrons. The molecule has 0 aromatic carbocycles. The first kappa shape index (κ1) is 21.1. The third kappa shape index (κ3) is 15.7. The molecule has 0 aliphatic heterocycles. The van der Waals surface area contributed by atoms with E-state index in [1.54, 1.807) is 0 Å². The smallest absolute Gasteiger partial charge is 0.0496 e. The lowest BCUT2D eigenvalue weighted by Crippen LogP contribution is -2.34. The van der Waals surface area contributed by atoms with E-state index in [1.807, 2.05) is 6.92 Å². The molecule has 5 heteroatoms. The number of aliphatic hydroxyl groups is 4. The maximum absolute atomic E-state index is 8.59. The summed E-state index contributed by atoms with van der Waals surface area (Å²) in [5.74, 6) is -0.144. The number of hydrogen-bond acceptors (Lipinski definition) is 5. The van der Waals surface area contributed by atoms with Crippen LogP contribution in [0.1, 0.15) is 51.9 Å². The van der Waals surface area contributed by atoms with E-state index in [-0.39, 0.29) is 25.2 Å². The normalized spacial score (nSPS) is 12.2. The molecular formula is C14H33NO4. The highest BCUT2D eigenvalue weighted by atomic mass is 16.3. The van der Waals surface area contributed by atoms with Gasteiger partial charge in [0.1, 0.15) is 0 Å². The number of nitrogens with two attached hydrogens (primary N) is 1. The predicted molar refractivity (Wildman–Crippen MR) is 77.8 cm³/mol. The van der Waals surface area contributed by atoms with Crippen LogP contribution in [0, 0.1) is 5.92 Å². The molecule has 0 aromatic rings. The van der Waals surface area contributed by atoms with Crippen molar-refractivity contribution in [2.75, 3.05) is 26.4 Å². The maximum atomic E-state index is 8.59. The van der Waals surface area contributed by atoms with Gasteiger partial charge in [0.25, 0.3) is 0 Å². The molecule has 118 valence electrons. The van der Waals surface area contributed by atoms with Crippen molar-refractivity contribution in [3.05, 3.63) is 0 Å². The Bertz CT molecular complexity index is 146. The molecule has 19 heavy (non-hydrogen) atoms. The molecule has 6 N–H and O–H groups in total. The molecule has 0 fully saturated rings. The van der Waals surface area contributed by atoms with Gasteiger partial charge in [0.05, 0.1) is 0 Å². The van der Waals surface area contributed by atoms with Gasteiger partial charge >= 0.3 is 0 Å². The second-order valence-corrected chi connectivity index (χ2v) is 4.77. The zero-order valence-corrected chi connectivity index (χ0v) is 12.3. The van der Waals surface area contributed by atoms with Gasteiger partial charge in [-0.2, -0.15) is 0 Å². The molecular weight excluding hydrogens is 246 g/mol. The monoisotopic (exact) mass is 279 g/mol. The Kier molecular flexibility index (Phi) is 19.8. The average molecular weight is 279 g/mol. The number of rotatable bonds is 11. The summed E-state index contributed by atoms with van der Waals surface area (Å²) in [5, 5.41) is 34.0. The molecule has 0 saturated heterocycles. The van der Waals surface area contributed by atoms with E-state index < -0.39 is 0 Å². The van der Waals surface area contributed by atoms with Crippen LogP contribution in [-0.4, -0.2) is 52.9 Å². The maximum Gasteiger partial charge on any atom is 0.0496 e. The molecule has 0 amide bonds. The van der Waals surface area contributed by atoms with Crippen molar-refractivity contribution in [3.63, 3.8) is 0 Å². The fourth-order valence-corrected chi connectivity index (χ4v) is 1.59. The van der Waals surface area contributed by atoms with Crippen LogP contribution >= 0.6 is 0 Å². The molecule has 0 spiro atoms. The lowest BCUT2D eigenvalue weighted by molar-refractivity contribution is 0.130. The van der Waals surface area contributed by atoms with Gasteiger partial charge in [-0.3, -0.25) is 0 Å². The highest BCUT2D eigenvalue weighted by Crippen LogP contribution is 2.04. The second-order valence-electron chi connectivity index (χ2n) is 4.77. The summed E-state index contributed by atoms with van der Waals surface area (Å²) < 4.78 is 0. The Morgan fingerprint density at radius 1 is 0.737 bits per heavy atom. The molecule has 5 nitrogen and oxygen atoms in total. The van der Waals surface area contributed by atoms with Gasteiger partial charge in [-0.25, -0.2) is 0 Å². The fourth-order valence-electron chi connectivity index (χ4n) is 1.59. The molecule has 1 unspecified atom stereocenters. The summed E-state index contributed by atoms with van der Waals surface area (Å²) in [5.41, 5.74) is 5.52. The Morgan fingerprint density at radius 3 is 1.32 bits per heavy atom. The van der Waals surface area contributed by atoms with Crippen LogP contribution in [-0.2, 0) is 0 Å². The first-order chi connectivity index (χ1) is 9.17. The molecule has 0 bridgehead atoms. The van der Waals surface area contributed by atoms with Gasteiger partial charge in [0, 0.05) is 38.4 Å². The van der Waals surface area contributed by atoms with Crippen molar-refractivity contribution >= 4 is 0 Å². The molecule has 1 atom stereocenters. The van der Waals surface area contributed by atoms with Crippen LogP contribution in [0.5, 0.6) is 0 Å². The van der Waals surface area contributed by atoms with Crippen LogP contribution < -0.4 is 5.73 Å². The highest BCUT2D eigenvalue weighted by molar-refractivity contribution is 4.68. The molecule has 0 aliphatic rings. The van der Waals surface area contributed by atoms with Crippen molar-refractivity contribution in [1.29, 1.82) is 0 Å². The minimum Gasteiger partial charge on any atom is -0.396 e. The SMILES string of the molecule is CCC(N)C(CO)CO.OCCCCCCCCO. The van der Waals surface area contributed by atoms with E-state index in [9.17, 15) is 0 Å². The van der Waals surface area contributed by atoms with Crippen LogP contribution in [0.3, 0.4) is 0 Å². The zero-order chi connectivity index (χ0) is 14.9. The van der Waals surface area contributed by atoms with E-state index in [0.29, 0.717) is 13.2 Å². The summed E-state index contributed by atoms with van der Waals surface area (Å²) >= 11 is 0. The lowest BCUT2D eigenvalue weighted by atomic mass is 10.0. The van der Waals surface area contributed by atoms with Crippen molar-refractivity contribution < 1.29 is 20.4 Å². The highest BCUT2D eigenvalue weighted by Gasteiger charge is 2.12. The van der Waals surface area contributed by atoms with E-state index in [4.69, 9.17) is 26.2 Å². The van der Waals surface area contributed by atoms with Gasteiger partial charge in [-0.15, -0.1) is 0 Å². The third-order valence-corrected chi connectivity index (χ3v) is 3.11. The van der Waals surface area contributed by atoms with E-state index in [0.717, 1.165) is 32.1 Å². The molecule has 0 rings (SSSR count). The largest absolute Gasteiger partial charge is 0.396 e. The van der Waals surface area contributed by atoms with Gasteiger partial charge < -0.3 is 26.2 Å². The Morgan fingerprint density at radius 2 is 1.11 bits per heavy atom. The van der Waals surface area contributed by atoms with Gasteiger partial charge in [-0.05, 0) is 19.3 Å². The van der Waals surface area contributed by atoms with E-state index >= 15 is 0 Å². The standard InChI is InChI=1S/C8H18O2.C6H15NO2/c9-7-5-3-1-2-4-6-8-10;1-2-6(7)5(3-8)4-9/h9-10H,1-8H2;5-6,8-9H,2-4,7H2,1H3.